The van der Waals surface area contributed by atoms with Crippen LogP contribution in [0.1, 0.15) is 5.56 Å². The van der Waals surface area contributed by atoms with Crippen molar-refractivity contribution >= 4 is 45.0 Å². The number of amides is 1. The summed E-state index contributed by atoms with van der Waals surface area (Å²) in [7, 11) is -3.61. The first-order chi connectivity index (χ1) is 13.8. The first-order valence-corrected chi connectivity index (χ1v) is 12.2. The van der Waals surface area contributed by atoms with Crippen molar-refractivity contribution in [1.29, 1.82) is 0 Å². The normalized spacial score (nSPS) is 16.1. The molecule has 1 atom stereocenters. The van der Waals surface area contributed by atoms with Gasteiger partial charge in [-0.15, -0.1) is 0 Å². The molecule has 1 aliphatic rings. The Kier molecular flexibility index (Phi) is 6.92. The zero-order chi connectivity index (χ0) is 21.0. The molecule has 0 bridgehead atoms. The SMILES string of the molecule is CS(=O)(=O)N1C[C@H](C(=O)NCCSCc2ccccc2F)Oc2ccc(Cl)cc21. The van der Waals surface area contributed by atoms with Gasteiger partial charge in [0.25, 0.3) is 5.91 Å². The van der Waals surface area contributed by atoms with Crippen molar-refractivity contribution in [3.63, 3.8) is 0 Å². The monoisotopic (exact) mass is 458 g/mol. The summed E-state index contributed by atoms with van der Waals surface area (Å²) in [6.45, 7) is 0.213. The average Bonchev–Trinajstić information content (AvgIpc) is 2.67. The fourth-order valence-corrected chi connectivity index (χ4v) is 4.75. The molecule has 0 saturated heterocycles. The van der Waals surface area contributed by atoms with E-state index in [1.165, 1.54) is 23.9 Å². The van der Waals surface area contributed by atoms with E-state index in [9.17, 15) is 17.6 Å². The minimum absolute atomic E-state index is 0.139. The van der Waals surface area contributed by atoms with Crippen LogP contribution in [-0.2, 0) is 20.6 Å². The molecule has 6 nitrogen and oxygen atoms in total. The number of anilines is 1. The number of sulfonamides is 1. The molecule has 0 unspecified atom stereocenters. The van der Waals surface area contributed by atoms with Gasteiger partial charge in [-0.05, 0) is 29.8 Å². The Labute approximate surface area is 178 Å². The van der Waals surface area contributed by atoms with Crippen LogP contribution in [0.3, 0.4) is 0 Å². The first-order valence-electron chi connectivity index (χ1n) is 8.78. The number of fused-ring (bicyclic) bond motifs is 1. The number of halogens is 2. The van der Waals surface area contributed by atoms with Crippen molar-refractivity contribution in [2.75, 3.05) is 29.4 Å². The second-order valence-electron chi connectivity index (χ2n) is 6.45. The maximum Gasteiger partial charge on any atom is 0.263 e. The van der Waals surface area contributed by atoms with Gasteiger partial charge in [0, 0.05) is 23.1 Å². The molecule has 0 saturated carbocycles. The second-order valence-corrected chi connectivity index (χ2v) is 9.90. The molecule has 29 heavy (non-hydrogen) atoms. The molecule has 1 aliphatic heterocycles. The van der Waals surface area contributed by atoms with E-state index in [0.29, 0.717) is 34.3 Å². The van der Waals surface area contributed by atoms with E-state index in [1.807, 2.05) is 0 Å². The van der Waals surface area contributed by atoms with Gasteiger partial charge in [0.05, 0.1) is 18.5 Å². The minimum atomic E-state index is -3.61. The molecule has 0 radical (unpaired) electrons. The summed E-state index contributed by atoms with van der Waals surface area (Å²) >= 11 is 7.45. The van der Waals surface area contributed by atoms with E-state index in [2.05, 4.69) is 5.32 Å². The van der Waals surface area contributed by atoms with E-state index >= 15 is 0 Å². The largest absolute Gasteiger partial charge is 0.476 e. The number of thioether (sulfide) groups is 1. The molecule has 10 heteroatoms. The van der Waals surface area contributed by atoms with Crippen LogP contribution in [0.4, 0.5) is 10.1 Å². The Bertz CT molecular complexity index is 1000. The standard InChI is InChI=1S/C19H20ClFN2O4S2/c1-29(25,26)23-11-18(27-17-7-6-14(20)10-16(17)23)19(24)22-8-9-28-12-13-4-2-3-5-15(13)21/h2-7,10,18H,8-9,11-12H2,1H3,(H,22,24)/t18-/m1/s1. The number of nitrogens with zero attached hydrogens (tertiary/aromatic N) is 1. The van der Waals surface area contributed by atoms with Gasteiger partial charge in [-0.1, -0.05) is 29.8 Å². The van der Waals surface area contributed by atoms with Crippen LogP contribution in [0.2, 0.25) is 5.02 Å². The first kappa shape index (κ1) is 21.7. The lowest BCUT2D eigenvalue weighted by atomic mass is 10.2. The van der Waals surface area contributed by atoms with Crippen LogP contribution in [0.5, 0.6) is 5.75 Å². The number of hydrogen-bond acceptors (Lipinski definition) is 5. The second kappa shape index (κ2) is 9.23. The number of ether oxygens (including phenoxy) is 1. The van der Waals surface area contributed by atoms with Crippen molar-refractivity contribution in [3.05, 3.63) is 58.9 Å². The smallest absolute Gasteiger partial charge is 0.263 e. The molecule has 1 amide bonds. The van der Waals surface area contributed by atoms with Crippen LogP contribution in [0, 0.1) is 5.82 Å². The van der Waals surface area contributed by atoms with E-state index in [4.69, 9.17) is 16.3 Å². The lowest BCUT2D eigenvalue weighted by Crippen LogP contribution is -2.50. The molecule has 0 spiro atoms. The zero-order valence-corrected chi connectivity index (χ0v) is 18.0. The molecule has 3 rings (SSSR count). The number of benzene rings is 2. The minimum Gasteiger partial charge on any atom is -0.476 e. The topological polar surface area (TPSA) is 75.7 Å². The molecule has 0 aliphatic carbocycles. The van der Waals surface area contributed by atoms with Gasteiger partial charge in [0.1, 0.15) is 11.6 Å². The number of carbonyl (C=O) groups excluding carboxylic acids is 1. The van der Waals surface area contributed by atoms with Gasteiger partial charge >= 0.3 is 0 Å². The van der Waals surface area contributed by atoms with Crippen LogP contribution >= 0.6 is 23.4 Å². The Balaban J connectivity index is 1.56. The summed E-state index contributed by atoms with van der Waals surface area (Å²) in [4.78, 5) is 12.5. The van der Waals surface area contributed by atoms with E-state index in [1.54, 1.807) is 30.3 Å². The summed E-state index contributed by atoms with van der Waals surface area (Å²) in [5.74, 6) is 0.693. The highest BCUT2D eigenvalue weighted by Gasteiger charge is 2.35. The van der Waals surface area contributed by atoms with Crippen molar-refractivity contribution in [3.8, 4) is 5.75 Å². The number of hydrogen-bond donors (Lipinski definition) is 1. The van der Waals surface area contributed by atoms with Gasteiger partial charge in [-0.25, -0.2) is 12.8 Å². The fraction of sp³-hybridized carbons (Fsp3) is 0.316. The lowest BCUT2D eigenvalue weighted by molar-refractivity contribution is -0.127. The Morgan fingerprint density at radius 3 is 2.83 bits per heavy atom. The Hall–Kier alpha value is -1.97. The zero-order valence-electron chi connectivity index (χ0n) is 15.6. The summed E-state index contributed by atoms with van der Waals surface area (Å²) in [5.41, 5.74) is 0.919. The summed E-state index contributed by atoms with van der Waals surface area (Å²) < 4.78 is 44.7. The average molecular weight is 459 g/mol. The fourth-order valence-electron chi connectivity index (χ4n) is 2.83. The lowest BCUT2D eigenvalue weighted by Gasteiger charge is -2.34. The molecule has 1 heterocycles. The molecule has 0 aromatic heterocycles. The number of rotatable bonds is 7. The number of nitrogens with one attached hydrogen (secondary N) is 1. The Morgan fingerprint density at radius 1 is 1.34 bits per heavy atom. The summed E-state index contributed by atoms with van der Waals surface area (Å²) in [5, 5.41) is 3.11. The third-order valence-corrected chi connectivity index (χ3v) is 6.63. The van der Waals surface area contributed by atoms with Crippen LogP contribution in [0.25, 0.3) is 0 Å². The van der Waals surface area contributed by atoms with Crippen molar-refractivity contribution in [1.82, 2.24) is 5.32 Å². The predicted molar refractivity (Wildman–Crippen MR) is 114 cm³/mol. The quantitative estimate of drug-likeness (QED) is 0.645. The molecular formula is C19H20ClFN2O4S2. The third kappa shape index (κ3) is 5.55. The van der Waals surface area contributed by atoms with Gasteiger partial charge in [0.15, 0.2) is 6.10 Å². The third-order valence-electron chi connectivity index (χ3n) is 4.24. The molecule has 2 aromatic carbocycles. The van der Waals surface area contributed by atoms with Crippen molar-refractivity contribution in [2.45, 2.75) is 11.9 Å². The number of carbonyl (C=O) groups is 1. The molecule has 2 aromatic rings. The van der Waals surface area contributed by atoms with Crippen LogP contribution < -0.4 is 14.4 Å². The van der Waals surface area contributed by atoms with Gasteiger partial charge in [0.2, 0.25) is 10.0 Å². The molecular weight excluding hydrogens is 439 g/mol. The van der Waals surface area contributed by atoms with E-state index in [-0.39, 0.29) is 18.1 Å². The maximum atomic E-state index is 13.6. The maximum absolute atomic E-state index is 13.6. The highest BCUT2D eigenvalue weighted by molar-refractivity contribution is 7.98. The van der Waals surface area contributed by atoms with Gasteiger partial charge < -0.3 is 10.1 Å². The predicted octanol–water partition coefficient (Wildman–Crippen LogP) is 3.06. The molecule has 1 N–H and O–H groups in total. The van der Waals surface area contributed by atoms with Crippen LogP contribution in [0.15, 0.2) is 42.5 Å². The van der Waals surface area contributed by atoms with E-state index < -0.39 is 22.0 Å². The highest BCUT2D eigenvalue weighted by Crippen LogP contribution is 2.37. The van der Waals surface area contributed by atoms with E-state index in [0.717, 1.165) is 10.6 Å². The molecule has 156 valence electrons. The molecule has 0 fully saturated rings. The van der Waals surface area contributed by atoms with Crippen LogP contribution in [-0.4, -0.2) is 45.5 Å². The van der Waals surface area contributed by atoms with Gasteiger partial charge in [-0.3, -0.25) is 9.10 Å². The summed E-state index contributed by atoms with van der Waals surface area (Å²) in [6.07, 6.45) is 0.0899. The van der Waals surface area contributed by atoms with Gasteiger partial charge in [-0.2, -0.15) is 11.8 Å². The highest BCUT2D eigenvalue weighted by atomic mass is 35.5. The van der Waals surface area contributed by atoms with Crippen molar-refractivity contribution in [2.24, 2.45) is 0 Å². The van der Waals surface area contributed by atoms with Crippen molar-refractivity contribution < 1.29 is 22.3 Å². The Morgan fingerprint density at radius 2 is 2.10 bits per heavy atom. The summed E-state index contributed by atoms with van der Waals surface area (Å²) in [6, 6.07) is 11.2.